The summed E-state index contributed by atoms with van der Waals surface area (Å²) in [5.74, 6) is 0.806. The summed E-state index contributed by atoms with van der Waals surface area (Å²) in [5.41, 5.74) is 2.61. The van der Waals surface area contributed by atoms with Gasteiger partial charge >= 0.3 is 0 Å². The third kappa shape index (κ3) is 4.83. The van der Waals surface area contributed by atoms with Crippen molar-refractivity contribution in [1.29, 1.82) is 0 Å². The highest BCUT2D eigenvalue weighted by Crippen LogP contribution is 2.14. The molecule has 1 heterocycles. The van der Waals surface area contributed by atoms with Crippen LogP contribution in [0, 0.1) is 6.92 Å². The second-order valence-corrected chi connectivity index (χ2v) is 6.66. The molecule has 25 heavy (non-hydrogen) atoms. The Morgan fingerprint density at radius 2 is 1.64 bits per heavy atom. The number of aryl methyl sites for hydroxylation is 1. The number of ether oxygens (including phenoxy) is 1. The van der Waals surface area contributed by atoms with Crippen LogP contribution < -0.4 is 4.74 Å². The zero-order valence-corrected chi connectivity index (χ0v) is 15.0. The second-order valence-electron chi connectivity index (χ2n) is 6.66. The van der Waals surface area contributed by atoms with Crippen LogP contribution in [-0.4, -0.2) is 48.0 Å². The number of hydrogen-bond donors (Lipinski definition) is 0. The number of nitrogens with zero attached hydrogens (tertiary/aromatic N) is 2. The molecule has 0 saturated carbocycles. The van der Waals surface area contributed by atoms with Crippen LogP contribution in [0.3, 0.4) is 0 Å². The van der Waals surface area contributed by atoms with E-state index in [9.17, 15) is 4.79 Å². The van der Waals surface area contributed by atoms with Crippen LogP contribution in [0.15, 0.2) is 54.6 Å². The Bertz CT molecular complexity index is 677. The predicted molar refractivity (Wildman–Crippen MR) is 99.6 cm³/mol. The van der Waals surface area contributed by atoms with Crippen molar-refractivity contribution < 1.29 is 9.53 Å². The van der Waals surface area contributed by atoms with Crippen LogP contribution in [0.2, 0.25) is 0 Å². The van der Waals surface area contributed by atoms with E-state index < -0.39 is 6.10 Å². The summed E-state index contributed by atoms with van der Waals surface area (Å²) >= 11 is 0. The number of rotatable bonds is 5. The van der Waals surface area contributed by atoms with Crippen LogP contribution in [0.25, 0.3) is 0 Å². The standard InChI is InChI=1S/C21H26N2O2/c1-17-8-10-19(11-9-17)16-22-12-14-23(15-13-22)21(24)18(2)25-20-6-4-3-5-7-20/h3-11,18H,12-16H2,1-2H3/t18-/m0/s1. The molecule has 0 radical (unpaired) electrons. The highest BCUT2D eigenvalue weighted by Gasteiger charge is 2.26. The van der Waals surface area contributed by atoms with Gasteiger partial charge in [0.05, 0.1) is 0 Å². The maximum Gasteiger partial charge on any atom is 0.263 e. The molecule has 1 saturated heterocycles. The quantitative estimate of drug-likeness (QED) is 0.840. The fraction of sp³-hybridized carbons (Fsp3) is 0.381. The SMILES string of the molecule is Cc1ccc(CN2CCN(C(=O)[C@H](C)Oc3ccccc3)CC2)cc1. The van der Waals surface area contributed by atoms with Gasteiger partial charge < -0.3 is 9.64 Å². The molecule has 0 unspecified atom stereocenters. The smallest absolute Gasteiger partial charge is 0.263 e. The summed E-state index contributed by atoms with van der Waals surface area (Å²) in [6.07, 6.45) is -0.453. The molecule has 132 valence electrons. The van der Waals surface area contributed by atoms with Gasteiger partial charge in [0.1, 0.15) is 5.75 Å². The average Bonchev–Trinajstić information content (AvgIpc) is 2.64. The molecule has 0 aromatic heterocycles. The second kappa shape index (κ2) is 8.17. The van der Waals surface area contributed by atoms with Gasteiger partial charge in [-0.3, -0.25) is 9.69 Å². The third-order valence-corrected chi connectivity index (χ3v) is 4.61. The number of hydrogen-bond acceptors (Lipinski definition) is 3. The summed E-state index contributed by atoms with van der Waals surface area (Å²) in [6, 6.07) is 18.2. The first kappa shape index (κ1) is 17.5. The Labute approximate surface area is 150 Å². The first-order valence-electron chi connectivity index (χ1n) is 8.90. The lowest BCUT2D eigenvalue weighted by atomic mass is 10.1. The number of para-hydroxylation sites is 1. The highest BCUT2D eigenvalue weighted by molar-refractivity contribution is 5.81. The molecule has 1 atom stereocenters. The van der Waals surface area contributed by atoms with E-state index in [0.29, 0.717) is 0 Å². The minimum atomic E-state index is -0.453. The zero-order valence-electron chi connectivity index (χ0n) is 15.0. The molecule has 0 aliphatic carbocycles. The Morgan fingerprint density at radius 1 is 1.00 bits per heavy atom. The Morgan fingerprint density at radius 3 is 2.28 bits per heavy atom. The fourth-order valence-corrected chi connectivity index (χ4v) is 3.09. The molecule has 1 amide bonds. The Balaban J connectivity index is 1.48. The first-order chi connectivity index (χ1) is 12.1. The van der Waals surface area contributed by atoms with E-state index in [1.165, 1.54) is 11.1 Å². The predicted octanol–water partition coefficient (Wildman–Crippen LogP) is 3.11. The third-order valence-electron chi connectivity index (χ3n) is 4.61. The molecule has 1 fully saturated rings. The minimum Gasteiger partial charge on any atom is -0.481 e. The van der Waals surface area contributed by atoms with Gasteiger partial charge in [0.2, 0.25) is 0 Å². The van der Waals surface area contributed by atoms with Crippen molar-refractivity contribution in [1.82, 2.24) is 9.80 Å². The van der Waals surface area contributed by atoms with Crippen LogP contribution in [0.4, 0.5) is 0 Å². The van der Waals surface area contributed by atoms with E-state index in [1.54, 1.807) is 0 Å². The summed E-state index contributed by atoms with van der Waals surface area (Å²) < 4.78 is 5.76. The van der Waals surface area contributed by atoms with Crippen LogP contribution in [-0.2, 0) is 11.3 Å². The van der Waals surface area contributed by atoms with E-state index in [1.807, 2.05) is 42.2 Å². The molecular formula is C21H26N2O2. The van der Waals surface area contributed by atoms with Crippen molar-refractivity contribution in [2.45, 2.75) is 26.5 Å². The van der Waals surface area contributed by atoms with Gasteiger partial charge in [-0.2, -0.15) is 0 Å². The molecular weight excluding hydrogens is 312 g/mol. The fourth-order valence-electron chi connectivity index (χ4n) is 3.09. The monoisotopic (exact) mass is 338 g/mol. The lowest BCUT2D eigenvalue weighted by Gasteiger charge is -2.35. The van der Waals surface area contributed by atoms with Crippen molar-refractivity contribution in [2.24, 2.45) is 0 Å². The van der Waals surface area contributed by atoms with Gasteiger partial charge in [0.25, 0.3) is 5.91 Å². The number of benzene rings is 2. The van der Waals surface area contributed by atoms with E-state index >= 15 is 0 Å². The number of amides is 1. The molecule has 1 aliphatic heterocycles. The van der Waals surface area contributed by atoms with E-state index in [0.717, 1.165) is 38.5 Å². The van der Waals surface area contributed by atoms with Gasteiger partial charge in [-0.1, -0.05) is 48.0 Å². The van der Waals surface area contributed by atoms with Crippen molar-refractivity contribution in [3.05, 3.63) is 65.7 Å². The summed E-state index contributed by atoms with van der Waals surface area (Å²) in [4.78, 5) is 16.9. The van der Waals surface area contributed by atoms with E-state index in [-0.39, 0.29) is 5.91 Å². The maximum absolute atomic E-state index is 12.6. The normalized spacial score (nSPS) is 16.5. The lowest BCUT2D eigenvalue weighted by molar-refractivity contribution is -0.139. The Kier molecular flexibility index (Phi) is 5.71. The average molecular weight is 338 g/mol. The molecule has 0 N–H and O–H groups in total. The molecule has 2 aromatic rings. The largest absolute Gasteiger partial charge is 0.481 e. The maximum atomic E-state index is 12.6. The number of carbonyl (C=O) groups is 1. The van der Waals surface area contributed by atoms with Crippen LogP contribution in [0.5, 0.6) is 5.75 Å². The van der Waals surface area contributed by atoms with Gasteiger partial charge in [-0.25, -0.2) is 0 Å². The molecule has 2 aromatic carbocycles. The molecule has 1 aliphatic rings. The van der Waals surface area contributed by atoms with Crippen molar-refractivity contribution >= 4 is 5.91 Å². The topological polar surface area (TPSA) is 32.8 Å². The molecule has 0 bridgehead atoms. The molecule has 0 spiro atoms. The highest BCUT2D eigenvalue weighted by atomic mass is 16.5. The van der Waals surface area contributed by atoms with Crippen molar-refractivity contribution in [3.8, 4) is 5.75 Å². The van der Waals surface area contributed by atoms with Gasteiger partial charge in [0, 0.05) is 32.7 Å². The molecule has 4 nitrogen and oxygen atoms in total. The van der Waals surface area contributed by atoms with Gasteiger partial charge in [-0.05, 0) is 31.5 Å². The number of carbonyl (C=O) groups excluding carboxylic acids is 1. The zero-order chi connectivity index (χ0) is 17.6. The minimum absolute atomic E-state index is 0.0684. The van der Waals surface area contributed by atoms with Crippen LogP contribution in [0.1, 0.15) is 18.1 Å². The van der Waals surface area contributed by atoms with Gasteiger partial charge in [0.15, 0.2) is 6.10 Å². The summed E-state index contributed by atoms with van der Waals surface area (Å²) in [7, 11) is 0. The lowest BCUT2D eigenvalue weighted by Crippen LogP contribution is -2.51. The molecule has 3 rings (SSSR count). The first-order valence-corrected chi connectivity index (χ1v) is 8.90. The molecule has 4 heteroatoms. The summed E-state index contributed by atoms with van der Waals surface area (Å²) in [5, 5.41) is 0. The summed E-state index contributed by atoms with van der Waals surface area (Å²) in [6.45, 7) is 8.19. The van der Waals surface area contributed by atoms with E-state index in [2.05, 4.69) is 36.1 Å². The van der Waals surface area contributed by atoms with Crippen molar-refractivity contribution in [3.63, 3.8) is 0 Å². The number of piperazine rings is 1. The van der Waals surface area contributed by atoms with E-state index in [4.69, 9.17) is 4.74 Å². The van der Waals surface area contributed by atoms with Crippen molar-refractivity contribution in [2.75, 3.05) is 26.2 Å². The van der Waals surface area contributed by atoms with Gasteiger partial charge in [-0.15, -0.1) is 0 Å². The Hall–Kier alpha value is -2.33. The van der Waals surface area contributed by atoms with Crippen LogP contribution >= 0.6 is 0 Å².